The van der Waals surface area contributed by atoms with Crippen molar-refractivity contribution in [3.63, 3.8) is 0 Å². The van der Waals surface area contributed by atoms with E-state index in [4.69, 9.17) is 5.73 Å². The van der Waals surface area contributed by atoms with Crippen molar-refractivity contribution >= 4 is 28.2 Å². The van der Waals surface area contributed by atoms with Gasteiger partial charge in [0.2, 0.25) is 0 Å². The Balaban J connectivity index is 1.25. The van der Waals surface area contributed by atoms with Gasteiger partial charge in [0, 0.05) is 48.5 Å². The minimum absolute atomic E-state index is 0.0932. The van der Waals surface area contributed by atoms with Crippen LogP contribution in [0, 0.1) is 13.8 Å². The number of aryl methyl sites for hydroxylation is 2. The number of aromatic nitrogens is 4. The van der Waals surface area contributed by atoms with Crippen LogP contribution in [0.4, 0.5) is 17.5 Å². The van der Waals surface area contributed by atoms with Gasteiger partial charge in [-0.2, -0.15) is 0 Å². The number of nitrogens with two attached hydrogens (primary N) is 1. The first-order chi connectivity index (χ1) is 18.0. The molecule has 3 heterocycles. The second-order valence-electron chi connectivity index (χ2n) is 9.34. The first-order valence-electron chi connectivity index (χ1n) is 12.4. The van der Waals surface area contributed by atoms with E-state index in [0.717, 1.165) is 34.5 Å². The highest BCUT2D eigenvalue weighted by Gasteiger charge is 2.11. The van der Waals surface area contributed by atoms with Crippen LogP contribution < -0.4 is 16.4 Å². The first-order valence-corrected chi connectivity index (χ1v) is 12.4. The summed E-state index contributed by atoms with van der Waals surface area (Å²) in [5, 5.41) is 9.08. The number of nitrogens with zero attached hydrogens (tertiary/aromatic N) is 4. The number of hydrogen-bond acceptors (Lipinski definition) is 7. The van der Waals surface area contributed by atoms with Crippen molar-refractivity contribution in [1.82, 2.24) is 19.9 Å². The number of hydrogen-bond donors (Lipinski definition) is 3. The fourth-order valence-electron chi connectivity index (χ4n) is 4.66. The molecule has 7 nitrogen and oxygen atoms in total. The van der Waals surface area contributed by atoms with Crippen LogP contribution >= 0.6 is 0 Å². The maximum absolute atomic E-state index is 6.09. The van der Waals surface area contributed by atoms with Crippen LogP contribution in [0.15, 0.2) is 79.4 Å². The van der Waals surface area contributed by atoms with Crippen LogP contribution in [-0.2, 0) is 13.0 Å². The first kappa shape index (κ1) is 24.2. The van der Waals surface area contributed by atoms with E-state index in [0.29, 0.717) is 12.4 Å². The van der Waals surface area contributed by atoms with E-state index in [2.05, 4.69) is 87.7 Å². The number of nitrogens with one attached hydrogen (secondary N) is 2. The van der Waals surface area contributed by atoms with Crippen LogP contribution in [0.1, 0.15) is 46.5 Å². The third kappa shape index (κ3) is 5.51. The molecule has 0 spiro atoms. The van der Waals surface area contributed by atoms with Crippen molar-refractivity contribution in [3.8, 4) is 0 Å². The number of rotatable bonds is 8. The normalized spacial score (nSPS) is 11.9. The summed E-state index contributed by atoms with van der Waals surface area (Å²) in [6, 6.07) is 20.8. The van der Waals surface area contributed by atoms with Gasteiger partial charge in [-0.1, -0.05) is 30.3 Å². The van der Waals surface area contributed by atoms with Gasteiger partial charge in [0.1, 0.15) is 23.8 Å². The molecule has 186 valence electrons. The number of benzene rings is 2. The molecule has 1 atom stereocenters. The van der Waals surface area contributed by atoms with Gasteiger partial charge in [-0.05, 0) is 78.2 Å². The van der Waals surface area contributed by atoms with Crippen LogP contribution in [0.3, 0.4) is 0 Å². The largest absolute Gasteiger partial charge is 0.383 e. The summed E-state index contributed by atoms with van der Waals surface area (Å²) in [6.45, 7) is 7.01. The van der Waals surface area contributed by atoms with Crippen molar-refractivity contribution in [1.29, 1.82) is 0 Å². The van der Waals surface area contributed by atoms with Crippen LogP contribution in [0.2, 0.25) is 0 Å². The molecule has 0 fully saturated rings. The van der Waals surface area contributed by atoms with Crippen molar-refractivity contribution in [2.24, 2.45) is 0 Å². The molecule has 0 saturated carbocycles. The maximum Gasteiger partial charge on any atom is 0.131 e. The predicted molar refractivity (Wildman–Crippen MR) is 151 cm³/mol. The second-order valence-corrected chi connectivity index (χ2v) is 9.34. The summed E-state index contributed by atoms with van der Waals surface area (Å²) >= 11 is 0. The average Bonchev–Trinajstić information content (AvgIpc) is 2.90. The lowest BCUT2D eigenvalue weighted by Crippen LogP contribution is -2.10. The summed E-state index contributed by atoms with van der Waals surface area (Å²) in [5.74, 6) is 2.10. The SMILES string of the molecule is Cc1cc2c(N)nccc2c(C)c1CNc1cc(NC(C)c2ccc(Cc3ccccn3)cc2)ncn1. The fourth-order valence-corrected chi connectivity index (χ4v) is 4.66. The van der Waals surface area contributed by atoms with Crippen molar-refractivity contribution in [3.05, 3.63) is 113 Å². The molecule has 37 heavy (non-hydrogen) atoms. The van der Waals surface area contributed by atoms with E-state index in [1.165, 1.54) is 27.8 Å². The molecule has 0 saturated heterocycles. The lowest BCUT2D eigenvalue weighted by atomic mass is 9.96. The van der Waals surface area contributed by atoms with E-state index < -0.39 is 0 Å². The Morgan fingerprint density at radius 2 is 1.65 bits per heavy atom. The maximum atomic E-state index is 6.09. The third-order valence-electron chi connectivity index (χ3n) is 6.78. The molecule has 7 heteroatoms. The minimum Gasteiger partial charge on any atom is -0.383 e. The van der Waals surface area contributed by atoms with E-state index in [1.54, 1.807) is 12.5 Å². The van der Waals surface area contributed by atoms with Crippen LogP contribution in [0.5, 0.6) is 0 Å². The minimum atomic E-state index is 0.0932. The Labute approximate surface area is 217 Å². The number of anilines is 3. The zero-order valence-corrected chi connectivity index (χ0v) is 21.4. The second kappa shape index (κ2) is 10.6. The Hall–Kier alpha value is -4.52. The monoisotopic (exact) mass is 489 g/mol. The number of pyridine rings is 2. The summed E-state index contributed by atoms with van der Waals surface area (Å²) in [6.07, 6.45) is 6.00. The summed E-state index contributed by atoms with van der Waals surface area (Å²) in [4.78, 5) is 17.5. The molecule has 1 unspecified atom stereocenters. The molecule has 0 radical (unpaired) electrons. The Morgan fingerprint density at radius 3 is 2.43 bits per heavy atom. The molecule has 3 aromatic heterocycles. The fraction of sp³-hybridized carbons (Fsp3) is 0.200. The van der Waals surface area contributed by atoms with Crippen molar-refractivity contribution in [2.75, 3.05) is 16.4 Å². The standard InChI is InChI=1S/C30H31N7/c1-19-14-26-25(11-13-33-30(26)31)20(2)27(19)17-34-28-16-29(36-18-35-28)37-21(3)23-9-7-22(8-10-23)15-24-6-4-5-12-32-24/h4-14,16,18,21H,15,17H2,1-3H3,(H2,31,33)(H2,34,35,36,37). The molecule has 5 aromatic rings. The molecule has 5 rings (SSSR count). The lowest BCUT2D eigenvalue weighted by Gasteiger charge is -2.17. The molecule has 0 aliphatic rings. The van der Waals surface area contributed by atoms with Gasteiger partial charge in [0.05, 0.1) is 0 Å². The zero-order valence-electron chi connectivity index (χ0n) is 21.4. The van der Waals surface area contributed by atoms with Gasteiger partial charge in [0.25, 0.3) is 0 Å². The molecule has 0 aliphatic heterocycles. The molecule has 0 amide bonds. The lowest BCUT2D eigenvalue weighted by molar-refractivity contribution is 0.870. The molecule has 0 aliphatic carbocycles. The highest BCUT2D eigenvalue weighted by Crippen LogP contribution is 2.28. The van der Waals surface area contributed by atoms with Gasteiger partial charge in [0.15, 0.2) is 0 Å². The molecule has 4 N–H and O–H groups in total. The van der Waals surface area contributed by atoms with Gasteiger partial charge in [-0.25, -0.2) is 15.0 Å². The highest BCUT2D eigenvalue weighted by molar-refractivity contribution is 5.94. The summed E-state index contributed by atoms with van der Waals surface area (Å²) in [5.41, 5.74) is 13.2. The molecule has 2 aromatic carbocycles. The van der Waals surface area contributed by atoms with E-state index in [9.17, 15) is 0 Å². The van der Waals surface area contributed by atoms with Gasteiger partial charge < -0.3 is 16.4 Å². The van der Waals surface area contributed by atoms with Crippen molar-refractivity contribution < 1.29 is 0 Å². The quantitative estimate of drug-likeness (QED) is 0.246. The Bertz CT molecular complexity index is 1520. The third-order valence-corrected chi connectivity index (χ3v) is 6.78. The predicted octanol–water partition coefficient (Wildman–Crippen LogP) is 5.99. The van der Waals surface area contributed by atoms with Crippen molar-refractivity contribution in [2.45, 2.75) is 39.8 Å². The molecular formula is C30H31N7. The average molecular weight is 490 g/mol. The van der Waals surface area contributed by atoms with Gasteiger partial charge in [-0.3, -0.25) is 4.98 Å². The Morgan fingerprint density at radius 1 is 0.838 bits per heavy atom. The van der Waals surface area contributed by atoms with E-state index >= 15 is 0 Å². The Kier molecular flexibility index (Phi) is 6.94. The summed E-state index contributed by atoms with van der Waals surface area (Å²) in [7, 11) is 0. The van der Waals surface area contributed by atoms with Gasteiger partial charge in [-0.15, -0.1) is 0 Å². The highest BCUT2D eigenvalue weighted by atomic mass is 15.1. The molecule has 0 bridgehead atoms. The topological polar surface area (TPSA) is 102 Å². The van der Waals surface area contributed by atoms with E-state index in [-0.39, 0.29) is 6.04 Å². The van der Waals surface area contributed by atoms with Gasteiger partial charge >= 0.3 is 0 Å². The number of nitrogen functional groups attached to an aromatic ring is 1. The zero-order chi connectivity index (χ0) is 25.8. The number of fused-ring (bicyclic) bond motifs is 1. The van der Waals surface area contributed by atoms with Crippen LogP contribution in [-0.4, -0.2) is 19.9 Å². The molecular weight excluding hydrogens is 458 g/mol. The van der Waals surface area contributed by atoms with Crippen LogP contribution in [0.25, 0.3) is 10.8 Å². The van der Waals surface area contributed by atoms with E-state index in [1.807, 2.05) is 30.5 Å². The smallest absolute Gasteiger partial charge is 0.131 e. The summed E-state index contributed by atoms with van der Waals surface area (Å²) < 4.78 is 0.